The lowest BCUT2D eigenvalue weighted by molar-refractivity contribution is 0.282. The predicted molar refractivity (Wildman–Crippen MR) is 105 cm³/mol. The van der Waals surface area contributed by atoms with Crippen molar-refractivity contribution in [1.29, 1.82) is 0 Å². The Morgan fingerprint density at radius 2 is 1.96 bits per heavy atom. The molecular formula is C20H20ClFN2O2S. The van der Waals surface area contributed by atoms with Crippen molar-refractivity contribution in [2.45, 2.75) is 43.3 Å². The summed E-state index contributed by atoms with van der Waals surface area (Å²) in [6.45, 7) is 2.08. The number of benzene rings is 2. The molecule has 4 nitrogen and oxygen atoms in total. The van der Waals surface area contributed by atoms with Crippen LogP contribution in [0.15, 0.2) is 52.1 Å². The summed E-state index contributed by atoms with van der Waals surface area (Å²) in [5.41, 5.74) is 2.13. The summed E-state index contributed by atoms with van der Waals surface area (Å²) >= 11 is 7.30. The molecule has 0 radical (unpaired) electrons. The molecule has 27 heavy (non-hydrogen) atoms. The zero-order chi connectivity index (χ0) is 19.2. The standard InChI is InChI=1S/C20H20ClFN2O2S/c1-2-3-7-17(15-5-4-6-16(21)18(15)22)27-20-24-23-19(26-20)14-10-8-13(12-25)9-11-14/h4-6,8-11,17,25H,2-3,7,12H2,1H3. The minimum atomic E-state index is -0.396. The Bertz CT molecular complexity index is 886. The van der Waals surface area contributed by atoms with E-state index in [0.717, 1.165) is 30.4 Å². The molecule has 7 heteroatoms. The van der Waals surface area contributed by atoms with Gasteiger partial charge in [0.1, 0.15) is 5.82 Å². The zero-order valence-corrected chi connectivity index (χ0v) is 16.4. The van der Waals surface area contributed by atoms with Gasteiger partial charge in [-0.3, -0.25) is 0 Å². The van der Waals surface area contributed by atoms with E-state index in [4.69, 9.17) is 21.1 Å². The summed E-state index contributed by atoms with van der Waals surface area (Å²) in [5.74, 6) is -0.00472. The van der Waals surface area contributed by atoms with Crippen LogP contribution in [0.5, 0.6) is 0 Å². The summed E-state index contributed by atoms with van der Waals surface area (Å²) < 4.78 is 20.3. The highest BCUT2D eigenvalue weighted by Crippen LogP contribution is 2.41. The fourth-order valence-electron chi connectivity index (χ4n) is 2.69. The van der Waals surface area contributed by atoms with Gasteiger partial charge in [-0.25, -0.2) is 4.39 Å². The topological polar surface area (TPSA) is 59.2 Å². The third-order valence-corrected chi connectivity index (χ3v) is 5.61. The molecule has 1 unspecified atom stereocenters. The number of nitrogens with zero attached hydrogens (tertiary/aromatic N) is 2. The van der Waals surface area contributed by atoms with Crippen LogP contribution in [0, 0.1) is 5.82 Å². The van der Waals surface area contributed by atoms with Crippen molar-refractivity contribution < 1.29 is 13.9 Å². The molecule has 3 rings (SSSR count). The second-order valence-corrected chi connectivity index (χ2v) is 7.68. The summed E-state index contributed by atoms with van der Waals surface area (Å²) in [7, 11) is 0. The monoisotopic (exact) mass is 406 g/mol. The molecule has 0 bridgehead atoms. The van der Waals surface area contributed by atoms with E-state index >= 15 is 0 Å². The van der Waals surface area contributed by atoms with Crippen LogP contribution in [0.2, 0.25) is 5.02 Å². The van der Waals surface area contributed by atoms with Crippen LogP contribution in [-0.2, 0) is 6.61 Å². The van der Waals surface area contributed by atoms with Gasteiger partial charge in [-0.2, -0.15) is 0 Å². The Labute approximate surface area is 166 Å². The van der Waals surface area contributed by atoms with Gasteiger partial charge in [0.2, 0.25) is 5.89 Å². The van der Waals surface area contributed by atoms with Gasteiger partial charge in [-0.1, -0.05) is 67.4 Å². The third-order valence-electron chi connectivity index (χ3n) is 4.18. The molecule has 142 valence electrons. The smallest absolute Gasteiger partial charge is 0.277 e. The summed E-state index contributed by atoms with van der Waals surface area (Å²) in [5, 5.41) is 17.7. The van der Waals surface area contributed by atoms with E-state index in [9.17, 15) is 4.39 Å². The molecule has 0 aliphatic heterocycles. The van der Waals surface area contributed by atoms with Gasteiger partial charge in [0.05, 0.1) is 11.6 Å². The van der Waals surface area contributed by atoms with Crippen molar-refractivity contribution in [3.8, 4) is 11.5 Å². The molecule has 1 atom stereocenters. The second kappa shape index (κ2) is 9.35. The first kappa shape index (κ1) is 19.9. The normalized spacial score (nSPS) is 12.3. The van der Waals surface area contributed by atoms with Crippen LogP contribution >= 0.6 is 23.4 Å². The van der Waals surface area contributed by atoms with Crippen molar-refractivity contribution in [3.05, 3.63) is 64.4 Å². The molecule has 0 aliphatic carbocycles. The quantitative estimate of drug-likeness (QED) is 0.462. The van der Waals surface area contributed by atoms with Crippen molar-refractivity contribution in [2.75, 3.05) is 0 Å². The van der Waals surface area contributed by atoms with E-state index in [1.165, 1.54) is 11.8 Å². The average molecular weight is 407 g/mol. The molecule has 1 heterocycles. The average Bonchev–Trinajstić information content (AvgIpc) is 3.16. The maximum Gasteiger partial charge on any atom is 0.277 e. The third kappa shape index (κ3) is 4.89. The van der Waals surface area contributed by atoms with Crippen molar-refractivity contribution >= 4 is 23.4 Å². The lowest BCUT2D eigenvalue weighted by Gasteiger charge is -2.15. The van der Waals surface area contributed by atoms with E-state index in [1.54, 1.807) is 30.3 Å². The zero-order valence-electron chi connectivity index (χ0n) is 14.9. The Morgan fingerprint density at radius 3 is 2.67 bits per heavy atom. The Morgan fingerprint density at radius 1 is 1.19 bits per heavy atom. The van der Waals surface area contributed by atoms with E-state index in [-0.39, 0.29) is 16.9 Å². The fourth-order valence-corrected chi connectivity index (χ4v) is 3.92. The number of rotatable bonds is 8. The first-order chi connectivity index (χ1) is 13.1. The highest BCUT2D eigenvalue weighted by atomic mass is 35.5. The number of hydrogen-bond donors (Lipinski definition) is 1. The minimum absolute atomic E-state index is 0.0183. The highest BCUT2D eigenvalue weighted by molar-refractivity contribution is 7.99. The number of unbranched alkanes of at least 4 members (excludes halogenated alkanes) is 1. The van der Waals surface area contributed by atoms with E-state index in [2.05, 4.69) is 17.1 Å². The molecule has 0 saturated heterocycles. The van der Waals surface area contributed by atoms with E-state index < -0.39 is 5.82 Å². The number of aliphatic hydroxyl groups excluding tert-OH is 1. The van der Waals surface area contributed by atoms with Crippen LogP contribution in [0.4, 0.5) is 4.39 Å². The van der Waals surface area contributed by atoms with Gasteiger partial charge in [-0.05, 0) is 30.2 Å². The van der Waals surface area contributed by atoms with Gasteiger partial charge in [0.25, 0.3) is 5.22 Å². The number of halogens is 2. The lowest BCUT2D eigenvalue weighted by atomic mass is 10.1. The molecule has 1 aromatic heterocycles. The minimum Gasteiger partial charge on any atom is -0.411 e. The fraction of sp³-hybridized carbons (Fsp3) is 0.300. The first-order valence-electron chi connectivity index (χ1n) is 8.76. The largest absolute Gasteiger partial charge is 0.411 e. The van der Waals surface area contributed by atoms with Crippen LogP contribution in [0.3, 0.4) is 0 Å². The maximum atomic E-state index is 14.5. The highest BCUT2D eigenvalue weighted by Gasteiger charge is 2.21. The molecular weight excluding hydrogens is 387 g/mol. The molecule has 1 N–H and O–H groups in total. The SMILES string of the molecule is CCCCC(Sc1nnc(-c2ccc(CO)cc2)o1)c1cccc(Cl)c1F. The number of aromatic nitrogens is 2. The number of aliphatic hydroxyl groups is 1. The molecule has 0 amide bonds. The molecule has 0 aliphatic rings. The van der Waals surface area contributed by atoms with Crippen LogP contribution in [-0.4, -0.2) is 15.3 Å². The van der Waals surface area contributed by atoms with E-state index in [1.807, 2.05) is 12.1 Å². The summed E-state index contributed by atoms with van der Waals surface area (Å²) in [6.07, 6.45) is 2.74. The van der Waals surface area contributed by atoms with Crippen molar-refractivity contribution in [3.63, 3.8) is 0 Å². The van der Waals surface area contributed by atoms with Gasteiger partial charge in [0, 0.05) is 16.4 Å². The maximum absolute atomic E-state index is 14.5. The van der Waals surface area contributed by atoms with Crippen molar-refractivity contribution in [1.82, 2.24) is 10.2 Å². The van der Waals surface area contributed by atoms with Gasteiger partial charge in [0.15, 0.2) is 0 Å². The lowest BCUT2D eigenvalue weighted by Crippen LogP contribution is -1.99. The molecule has 0 spiro atoms. The van der Waals surface area contributed by atoms with Crippen LogP contribution in [0.25, 0.3) is 11.5 Å². The molecule has 0 fully saturated rings. The second-order valence-electron chi connectivity index (χ2n) is 6.12. The van der Waals surface area contributed by atoms with Gasteiger partial charge >= 0.3 is 0 Å². The van der Waals surface area contributed by atoms with Crippen molar-refractivity contribution in [2.24, 2.45) is 0 Å². The predicted octanol–water partition coefficient (Wildman–Crippen LogP) is 6.05. The Hall–Kier alpha value is -1.89. The Balaban J connectivity index is 1.81. The van der Waals surface area contributed by atoms with Crippen LogP contribution < -0.4 is 0 Å². The first-order valence-corrected chi connectivity index (χ1v) is 10.0. The van der Waals surface area contributed by atoms with Crippen LogP contribution in [0.1, 0.15) is 42.6 Å². The summed E-state index contributed by atoms with van der Waals surface area (Å²) in [4.78, 5) is 0. The molecule has 3 aromatic rings. The van der Waals surface area contributed by atoms with Gasteiger partial charge in [-0.15, -0.1) is 10.2 Å². The van der Waals surface area contributed by atoms with E-state index in [0.29, 0.717) is 16.7 Å². The van der Waals surface area contributed by atoms with Gasteiger partial charge < -0.3 is 9.52 Å². The Kier molecular flexibility index (Phi) is 6.88. The molecule has 0 saturated carbocycles. The number of hydrogen-bond acceptors (Lipinski definition) is 5. The molecule has 2 aromatic carbocycles. The summed E-state index contributed by atoms with van der Waals surface area (Å²) in [6, 6.07) is 12.3. The number of thioether (sulfide) groups is 1.